The number of ether oxygens (including phenoxy) is 2. The van der Waals surface area contributed by atoms with E-state index >= 15 is 0 Å². The lowest BCUT2D eigenvalue weighted by atomic mass is 10.2. The van der Waals surface area contributed by atoms with Crippen molar-refractivity contribution < 1.29 is 27.1 Å². The van der Waals surface area contributed by atoms with Gasteiger partial charge >= 0.3 is 0 Å². The van der Waals surface area contributed by atoms with E-state index in [1.54, 1.807) is 26.0 Å². The highest BCUT2D eigenvalue weighted by molar-refractivity contribution is 7.89. The average Bonchev–Trinajstić information content (AvgIpc) is 3.02. The Labute approximate surface area is 164 Å². The van der Waals surface area contributed by atoms with Crippen molar-refractivity contribution in [3.05, 3.63) is 41.3 Å². The highest BCUT2D eigenvalue weighted by Crippen LogP contribution is 2.30. The van der Waals surface area contributed by atoms with Crippen LogP contribution in [0.4, 0.5) is 5.69 Å². The van der Waals surface area contributed by atoms with Gasteiger partial charge in [0.2, 0.25) is 10.0 Å². The first kappa shape index (κ1) is 20.4. The molecule has 0 unspecified atom stereocenters. The van der Waals surface area contributed by atoms with Gasteiger partial charge in [0.15, 0.2) is 0 Å². The minimum absolute atomic E-state index is 0.0910. The van der Waals surface area contributed by atoms with Crippen molar-refractivity contribution in [3.63, 3.8) is 0 Å². The molecule has 0 radical (unpaired) electrons. The molecular weight excluding hydrogens is 384 g/mol. The largest absolute Gasteiger partial charge is 0.492 e. The minimum Gasteiger partial charge on any atom is -0.492 e. The Hall–Kier alpha value is -2.36. The molecule has 0 bridgehead atoms. The van der Waals surface area contributed by atoms with Crippen LogP contribution >= 0.6 is 0 Å². The molecule has 1 amide bonds. The first-order valence-corrected chi connectivity index (χ1v) is 10.5. The van der Waals surface area contributed by atoms with Gasteiger partial charge in [0, 0.05) is 13.1 Å². The number of nitrogens with zero attached hydrogens (tertiary/aromatic N) is 1. The number of amides is 1. The summed E-state index contributed by atoms with van der Waals surface area (Å²) in [6, 6.07) is 6.11. The molecule has 0 spiro atoms. The summed E-state index contributed by atoms with van der Waals surface area (Å²) in [5, 5.41) is 2.75. The molecule has 1 fully saturated rings. The predicted octanol–water partition coefficient (Wildman–Crippen LogP) is 2.57. The van der Waals surface area contributed by atoms with E-state index in [2.05, 4.69) is 5.32 Å². The van der Waals surface area contributed by atoms with E-state index in [4.69, 9.17) is 13.9 Å². The van der Waals surface area contributed by atoms with Crippen molar-refractivity contribution in [2.24, 2.45) is 0 Å². The monoisotopic (exact) mass is 408 g/mol. The lowest BCUT2D eigenvalue weighted by Gasteiger charge is -2.26. The van der Waals surface area contributed by atoms with Crippen molar-refractivity contribution >= 4 is 21.6 Å². The van der Waals surface area contributed by atoms with E-state index in [-0.39, 0.29) is 4.90 Å². The second-order valence-electron chi connectivity index (χ2n) is 6.39. The molecule has 1 aromatic heterocycles. The van der Waals surface area contributed by atoms with Crippen LogP contribution in [0.2, 0.25) is 0 Å². The molecule has 8 nitrogen and oxygen atoms in total. The van der Waals surface area contributed by atoms with E-state index in [0.717, 1.165) is 0 Å². The van der Waals surface area contributed by atoms with Crippen LogP contribution in [-0.4, -0.2) is 51.5 Å². The number of nitrogens with one attached hydrogen (secondary N) is 1. The first-order chi connectivity index (χ1) is 13.3. The van der Waals surface area contributed by atoms with Gasteiger partial charge < -0.3 is 19.2 Å². The summed E-state index contributed by atoms with van der Waals surface area (Å²) in [4.78, 5) is 12.8. The van der Waals surface area contributed by atoms with E-state index in [0.29, 0.717) is 61.4 Å². The molecule has 0 aliphatic carbocycles. The number of aryl methyl sites for hydroxylation is 2. The average molecular weight is 408 g/mol. The summed E-state index contributed by atoms with van der Waals surface area (Å²) < 4.78 is 43.4. The van der Waals surface area contributed by atoms with Gasteiger partial charge in [0.25, 0.3) is 5.91 Å². The number of carbonyl (C=O) groups is 1. The fourth-order valence-corrected chi connectivity index (χ4v) is 4.47. The fraction of sp³-hybridized carbons (Fsp3) is 0.421. The zero-order valence-corrected chi connectivity index (χ0v) is 17.0. The highest BCUT2D eigenvalue weighted by Gasteiger charge is 2.27. The van der Waals surface area contributed by atoms with E-state index in [1.165, 1.54) is 16.4 Å². The Balaban J connectivity index is 1.93. The van der Waals surface area contributed by atoms with Crippen LogP contribution in [0.25, 0.3) is 0 Å². The standard InChI is InChI=1S/C19H24N2O6S/c1-4-26-18-6-5-15(28(23,24)21-7-9-25-10-8-21)12-17(18)20-19(22)16-11-13(2)27-14(16)3/h5-6,11-12H,4,7-10H2,1-3H3,(H,20,22). The predicted molar refractivity (Wildman–Crippen MR) is 103 cm³/mol. The number of rotatable bonds is 6. The van der Waals surface area contributed by atoms with Crippen molar-refractivity contribution in [1.29, 1.82) is 0 Å². The number of anilines is 1. The molecule has 2 aromatic rings. The molecule has 9 heteroatoms. The lowest BCUT2D eigenvalue weighted by Crippen LogP contribution is -2.40. The number of sulfonamides is 1. The fourth-order valence-electron chi connectivity index (χ4n) is 3.03. The summed E-state index contributed by atoms with van der Waals surface area (Å²) in [5.41, 5.74) is 0.681. The minimum atomic E-state index is -3.69. The van der Waals surface area contributed by atoms with Crippen molar-refractivity contribution in [2.75, 3.05) is 38.2 Å². The Morgan fingerprint density at radius 3 is 2.54 bits per heavy atom. The van der Waals surface area contributed by atoms with E-state index in [9.17, 15) is 13.2 Å². The van der Waals surface area contributed by atoms with Crippen LogP contribution in [0.3, 0.4) is 0 Å². The summed E-state index contributed by atoms with van der Waals surface area (Å²) >= 11 is 0. The molecular formula is C19H24N2O6S. The third-order valence-corrected chi connectivity index (χ3v) is 6.29. The van der Waals surface area contributed by atoms with Gasteiger partial charge in [-0.2, -0.15) is 4.31 Å². The molecule has 1 aromatic carbocycles. The molecule has 2 heterocycles. The quantitative estimate of drug-likeness (QED) is 0.789. The van der Waals surface area contributed by atoms with E-state index < -0.39 is 15.9 Å². The van der Waals surface area contributed by atoms with Gasteiger partial charge in [-0.1, -0.05) is 0 Å². The van der Waals surface area contributed by atoms with Crippen LogP contribution in [0.1, 0.15) is 28.8 Å². The third kappa shape index (κ3) is 4.21. The number of carbonyl (C=O) groups excluding carboxylic acids is 1. The molecule has 0 saturated carbocycles. The summed E-state index contributed by atoms with van der Waals surface area (Å²) in [7, 11) is -3.69. The van der Waals surface area contributed by atoms with Gasteiger partial charge in [-0.25, -0.2) is 8.42 Å². The van der Waals surface area contributed by atoms with Gasteiger partial charge in [-0.05, 0) is 45.0 Å². The molecule has 152 valence electrons. The number of hydrogen-bond acceptors (Lipinski definition) is 6. The molecule has 3 rings (SSSR count). The Morgan fingerprint density at radius 2 is 1.93 bits per heavy atom. The Morgan fingerprint density at radius 1 is 1.21 bits per heavy atom. The number of hydrogen-bond donors (Lipinski definition) is 1. The number of morpholine rings is 1. The topological polar surface area (TPSA) is 98.1 Å². The molecule has 1 aliphatic heterocycles. The van der Waals surface area contributed by atoms with Crippen LogP contribution < -0.4 is 10.1 Å². The SMILES string of the molecule is CCOc1ccc(S(=O)(=O)N2CCOCC2)cc1NC(=O)c1cc(C)oc1C. The van der Waals surface area contributed by atoms with Crippen LogP contribution in [-0.2, 0) is 14.8 Å². The lowest BCUT2D eigenvalue weighted by molar-refractivity contribution is 0.0730. The molecule has 1 N–H and O–H groups in total. The second kappa shape index (κ2) is 8.34. The van der Waals surface area contributed by atoms with Crippen molar-refractivity contribution in [3.8, 4) is 5.75 Å². The summed E-state index contributed by atoms with van der Waals surface area (Å²) in [6.07, 6.45) is 0. The zero-order valence-electron chi connectivity index (χ0n) is 16.1. The zero-order chi connectivity index (χ0) is 20.3. The van der Waals surface area contributed by atoms with Crippen LogP contribution in [0.15, 0.2) is 33.6 Å². The van der Waals surface area contributed by atoms with Crippen LogP contribution in [0.5, 0.6) is 5.75 Å². The van der Waals surface area contributed by atoms with Gasteiger partial charge in [0.05, 0.1) is 36.0 Å². The Kier molecular flexibility index (Phi) is 6.07. The third-order valence-electron chi connectivity index (χ3n) is 4.39. The summed E-state index contributed by atoms with van der Waals surface area (Å²) in [5.74, 6) is 1.12. The van der Waals surface area contributed by atoms with E-state index in [1.807, 2.05) is 6.92 Å². The molecule has 28 heavy (non-hydrogen) atoms. The maximum atomic E-state index is 12.9. The smallest absolute Gasteiger partial charge is 0.259 e. The van der Waals surface area contributed by atoms with Gasteiger partial charge in [0.1, 0.15) is 17.3 Å². The van der Waals surface area contributed by atoms with Crippen molar-refractivity contribution in [2.45, 2.75) is 25.7 Å². The van der Waals surface area contributed by atoms with Gasteiger partial charge in [-0.15, -0.1) is 0 Å². The highest BCUT2D eigenvalue weighted by atomic mass is 32.2. The van der Waals surface area contributed by atoms with Crippen LogP contribution in [0, 0.1) is 13.8 Å². The molecule has 0 atom stereocenters. The maximum absolute atomic E-state index is 12.9. The first-order valence-electron chi connectivity index (χ1n) is 9.06. The van der Waals surface area contributed by atoms with Gasteiger partial charge in [-0.3, -0.25) is 4.79 Å². The van der Waals surface area contributed by atoms with Crippen molar-refractivity contribution in [1.82, 2.24) is 4.31 Å². The number of furan rings is 1. The molecule has 1 aliphatic rings. The summed E-state index contributed by atoms with van der Waals surface area (Å²) in [6.45, 7) is 6.96. The maximum Gasteiger partial charge on any atom is 0.259 e. The Bertz CT molecular complexity index is 961. The second-order valence-corrected chi connectivity index (χ2v) is 8.33. The molecule has 1 saturated heterocycles. The number of benzene rings is 1. The normalized spacial score (nSPS) is 15.4.